The summed E-state index contributed by atoms with van der Waals surface area (Å²) in [5.41, 5.74) is 0.486. The van der Waals surface area contributed by atoms with Gasteiger partial charge in [0, 0.05) is 27.7 Å². The van der Waals surface area contributed by atoms with E-state index in [-0.39, 0.29) is 12.2 Å². The quantitative estimate of drug-likeness (QED) is 0.602. The molecular weight excluding hydrogens is 320 g/mol. The lowest BCUT2D eigenvalue weighted by Crippen LogP contribution is -2.20. The maximum absolute atomic E-state index is 12.2. The molecule has 2 aromatic carbocycles. The first kappa shape index (κ1) is 16.6. The van der Waals surface area contributed by atoms with E-state index < -0.39 is 11.9 Å². The van der Waals surface area contributed by atoms with Crippen LogP contribution in [0, 0.1) is 5.92 Å². The number of Topliss-reactive ketones (excluding diaryl/α,β-unsaturated/α-hetero) is 1. The van der Waals surface area contributed by atoms with Gasteiger partial charge in [-0.15, -0.1) is 11.8 Å². The summed E-state index contributed by atoms with van der Waals surface area (Å²) in [4.78, 5) is 24.5. The van der Waals surface area contributed by atoms with Crippen molar-refractivity contribution in [3.05, 3.63) is 65.2 Å². The fourth-order valence-electron chi connectivity index (χ4n) is 1.91. The minimum atomic E-state index is -0.953. The van der Waals surface area contributed by atoms with Crippen LogP contribution in [0.2, 0.25) is 5.02 Å². The highest BCUT2D eigenvalue weighted by Crippen LogP contribution is 2.23. The number of benzene rings is 2. The minimum absolute atomic E-state index is 0.0171. The molecule has 0 spiro atoms. The first-order chi connectivity index (χ1) is 10.6. The predicted molar refractivity (Wildman–Crippen MR) is 88.7 cm³/mol. The predicted octanol–water partition coefficient (Wildman–Crippen LogP) is 4.41. The number of aliphatic carboxylic acids is 1. The lowest BCUT2D eigenvalue weighted by Gasteiger charge is -2.11. The monoisotopic (exact) mass is 334 g/mol. The van der Waals surface area contributed by atoms with Gasteiger partial charge >= 0.3 is 5.97 Å². The van der Waals surface area contributed by atoms with Crippen LogP contribution in [0.25, 0.3) is 0 Å². The second kappa shape index (κ2) is 8.01. The Morgan fingerprint density at radius 1 is 1.05 bits per heavy atom. The van der Waals surface area contributed by atoms with Crippen LogP contribution >= 0.6 is 23.4 Å². The van der Waals surface area contributed by atoms with Gasteiger partial charge in [-0.1, -0.05) is 29.8 Å². The Bertz CT molecular complexity index is 641. The summed E-state index contributed by atoms with van der Waals surface area (Å²) in [5.74, 6) is -1.49. The molecule has 1 unspecified atom stereocenters. The van der Waals surface area contributed by atoms with E-state index in [4.69, 9.17) is 11.6 Å². The SMILES string of the molecule is O=C(CC(CSc1ccccc1)C(=O)O)c1ccc(Cl)cc1. The zero-order chi connectivity index (χ0) is 15.9. The lowest BCUT2D eigenvalue weighted by molar-refractivity contribution is -0.140. The average Bonchev–Trinajstić information content (AvgIpc) is 2.52. The molecule has 3 nitrogen and oxygen atoms in total. The summed E-state index contributed by atoms with van der Waals surface area (Å²) in [6, 6.07) is 16.0. The molecule has 0 aliphatic rings. The van der Waals surface area contributed by atoms with Crippen LogP contribution < -0.4 is 0 Å². The van der Waals surface area contributed by atoms with Crippen molar-refractivity contribution < 1.29 is 14.7 Å². The Morgan fingerprint density at radius 3 is 2.27 bits per heavy atom. The van der Waals surface area contributed by atoms with Crippen molar-refractivity contribution in [2.45, 2.75) is 11.3 Å². The third kappa shape index (κ3) is 4.90. The van der Waals surface area contributed by atoms with Gasteiger partial charge in [-0.25, -0.2) is 0 Å². The van der Waals surface area contributed by atoms with Crippen molar-refractivity contribution in [2.24, 2.45) is 5.92 Å². The molecule has 0 bridgehead atoms. The molecule has 0 saturated carbocycles. The van der Waals surface area contributed by atoms with Crippen LogP contribution in [0.1, 0.15) is 16.8 Å². The van der Waals surface area contributed by atoms with E-state index in [1.807, 2.05) is 30.3 Å². The second-order valence-electron chi connectivity index (χ2n) is 4.79. The molecule has 0 radical (unpaired) electrons. The van der Waals surface area contributed by atoms with Gasteiger partial charge < -0.3 is 5.11 Å². The molecule has 0 aliphatic heterocycles. The summed E-state index contributed by atoms with van der Waals surface area (Å²) >= 11 is 7.22. The van der Waals surface area contributed by atoms with Crippen molar-refractivity contribution in [3.8, 4) is 0 Å². The number of carbonyl (C=O) groups excluding carboxylic acids is 1. The Kier molecular flexibility index (Phi) is 6.04. The maximum Gasteiger partial charge on any atom is 0.307 e. The highest BCUT2D eigenvalue weighted by molar-refractivity contribution is 7.99. The molecule has 1 N–H and O–H groups in total. The number of carboxylic acids is 1. The zero-order valence-electron chi connectivity index (χ0n) is 11.7. The third-order valence-corrected chi connectivity index (χ3v) is 4.57. The largest absolute Gasteiger partial charge is 0.481 e. The number of hydrogen-bond acceptors (Lipinski definition) is 3. The van der Waals surface area contributed by atoms with Gasteiger partial charge in [0.05, 0.1) is 5.92 Å². The summed E-state index contributed by atoms with van der Waals surface area (Å²) < 4.78 is 0. The van der Waals surface area contributed by atoms with Crippen LogP contribution in [0.5, 0.6) is 0 Å². The number of ketones is 1. The van der Waals surface area contributed by atoms with Gasteiger partial charge in [0.15, 0.2) is 5.78 Å². The smallest absolute Gasteiger partial charge is 0.307 e. The fourth-order valence-corrected chi connectivity index (χ4v) is 3.04. The van der Waals surface area contributed by atoms with Gasteiger partial charge in [0.1, 0.15) is 0 Å². The third-order valence-electron chi connectivity index (χ3n) is 3.14. The van der Waals surface area contributed by atoms with Crippen LogP contribution in [0.3, 0.4) is 0 Å². The molecular formula is C17H15ClO3S. The van der Waals surface area contributed by atoms with Gasteiger partial charge in [-0.05, 0) is 36.4 Å². The van der Waals surface area contributed by atoms with Crippen LogP contribution in [-0.4, -0.2) is 22.6 Å². The highest BCUT2D eigenvalue weighted by atomic mass is 35.5. The summed E-state index contributed by atoms with van der Waals surface area (Å²) in [5, 5.41) is 9.85. The number of rotatable bonds is 7. The van der Waals surface area contributed by atoms with Gasteiger partial charge in [-0.3, -0.25) is 9.59 Å². The summed E-state index contributed by atoms with van der Waals surface area (Å²) in [7, 11) is 0. The molecule has 1 atom stereocenters. The standard InChI is InChI=1S/C17H15ClO3S/c18-14-8-6-12(7-9-14)16(19)10-13(17(20)21)11-22-15-4-2-1-3-5-15/h1-9,13H,10-11H2,(H,20,21). The number of carboxylic acid groups (broad SMARTS) is 1. The second-order valence-corrected chi connectivity index (χ2v) is 6.32. The van der Waals surface area contributed by atoms with Crippen LogP contribution in [0.15, 0.2) is 59.5 Å². The van der Waals surface area contributed by atoms with Gasteiger partial charge in [-0.2, -0.15) is 0 Å². The zero-order valence-corrected chi connectivity index (χ0v) is 13.3. The van der Waals surface area contributed by atoms with Crippen molar-refractivity contribution in [3.63, 3.8) is 0 Å². The Hall–Kier alpha value is -1.78. The van der Waals surface area contributed by atoms with E-state index >= 15 is 0 Å². The molecule has 0 fully saturated rings. The molecule has 0 heterocycles. The van der Waals surface area contributed by atoms with E-state index in [1.165, 1.54) is 11.8 Å². The first-order valence-corrected chi connectivity index (χ1v) is 8.12. The highest BCUT2D eigenvalue weighted by Gasteiger charge is 2.22. The molecule has 2 rings (SSSR count). The topological polar surface area (TPSA) is 54.4 Å². The number of halogens is 1. The van der Waals surface area contributed by atoms with Crippen molar-refractivity contribution >= 4 is 35.1 Å². The normalized spacial score (nSPS) is 11.9. The van der Waals surface area contributed by atoms with E-state index in [0.717, 1.165) is 4.90 Å². The van der Waals surface area contributed by atoms with E-state index in [0.29, 0.717) is 16.3 Å². The molecule has 22 heavy (non-hydrogen) atoms. The molecule has 0 saturated heterocycles. The summed E-state index contributed by atoms with van der Waals surface area (Å²) in [6.07, 6.45) is -0.0171. The Morgan fingerprint density at radius 2 is 1.68 bits per heavy atom. The number of hydrogen-bond donors (Lipinski definition) is 1. The van der Waals surface area contributed by atoms with Gasteiger partial charge in [0.25, 0.3) is 0 Å². The van der Waals surface area contributed by atoms with Crippen LogP contribution in [0.4, 0.5) is 0 Å². The Balaban J connectivity index is 1.98. The molecule has 0 amide bonds. The molecule has 2 aromatic rings. The minimum Gasteiger partial charge on any atom is -0.481 e. The molecule has 0 aromatic heterocycles. The van der Waals surface area contributed by atoms with E-state index in [9.17, 15) is 14.7 Å². The van der Waals surface area contributed by atoms with Crippen molar-refractivity contribution in [1.29, 1.82) is 0 Å². The van der Waals surface area contributed by atoms with Crippen molar-refractivity contribution in [2.75, 3.05) is 5.75 Å². The van der Waals surface area contributed by atoms with Gasteiger partial charge in [0.2, 0.25) is 0 Å². The lowest BCUT2D eigenvalue weighted by atomic mass is 10.00. The number of thioether (sulfide) groups is 1. The van der Waals surface area contributed by atoms with E-state index in [2.05, 4.69) is 0 Å². The maximum atomic E-state index is 12.2. The fraction of sp³-hybridized carbons (Fsp3) is 0.176. The number of carbonyl (C=O) groups is 2. The molecule has 5 heteroatoms. The molecule has 114 valence electrons. The Labute approximate surface area is 138 Å². The van der Waals surface area contributed by atoms with E-state index in [1.54, 1.807) is 24.3 Å². The summed E-state index contributed by atoms with van der Waals surface area (Å²) in [6.45, 7) is 0. The van der Waals surface area contributed by atoms with Crippen molar-refractivity contribution in [1.82, 2.24) is 0 Å². The average molecular weight is 335 g/mol. The first-order valence-electron chi connectivity index (χ1n) is 6.75. The van der Waals surface area contributed by atoms with Crippen LogP contribution in [-0.2, 0) is 4.79 Å². The molecule has 0 aliphatic carbocycles.